The molecule has 0 bridgehead atoms. The molecule has 162 valence electrons. The van der Waals surface area contributed by atoms with Crippen LogP contribution >= 0.6 is 0 Å². The molecule has 4 rings (SSSR count). The molecular weight excluding hydrogens is 398 g/mol. The van der Waals surface area contributed by atoms with E-state index in [9.17, 15) is 4.79 Å². The molecule has 3 aromatic rings. The van der Waals surface area contributed by atoms with Gasteiger partial charge < -0.3 is 19.1 Å². The summed E-state index contributed by atoms with van der Waals surface area (Å²) in [4.78, 5) is 23.4. The zero-order chi connectivity index (χ0) is 22.1. The minimum atomic E-state index is -0.216. The number of hydrogen-bond donors (Lipinski definition) is 0. The Morgan fingerprint density at radius 1 is 1.00 bits per heavy atom. The minimum Gasteiger partial charge on any atom is -0.496 e. The number of hydrogen-bond acceptors (Lipinski definition) is 7. The van der Waals surface area contributed by atoms with Gasteiger partial charge in [-0.1, -0.05) is 6.08 Å². The predicted octanol–water partition coefficient (Wildman–Crippen LogP) is 2.70. The zero-order valence-electron chi connectivity index (χ0n) is 18.3. The van der Waals surface area contributed by atoms with Crippen LogP contribution in [0.2, 0.25) is 0 Å². The molecule has 0 atom stereocenters. The van der Waals surface area contributed by atoms with Crippen molar-refractivity contribution in [3.05, 3.63) is 47.1 Å². The van der Waals surface area contributed by atoms with E-state index in [1.807, 2.05) is 38.1 Å². The van der Waals surface area contributed by atoms with Gasteiger partial charge in [-0.25, -0.2) is 9.50 Å². The molecule has 1 aliphatic heterocycles. The lowest BCUT2D eigenvalue weighted by Crippen LogP contribution is -2.35. The van der Waals surface area contributed by atoms with Crippen molar-refractivity contribution in [2.24, 2.45) is 0 Å². The Kier molecular flexibility index (Phi) is 5.50. The van der Waals surface area contributed by atoms with Gasteiger partial charge in [-0.2, -0.15) is 4.98 Å². The van der Waals surface area contributed by atoms with Crippen molar-refractivity contribution in [1.29, 1.82) is 0 Å². The molecule has 9 heteroatoms. The van der Waals surface area contributed by atoms with E-state index >= 15 is 0 Å². The zero-order valence-corrected chi connectivity index (χ0v) is 18.3. The van der Waals surface area contributed by atoms with Gasteiger partial charge in [-0.3, -0.25) is 4.79 Å². The van der Waals surface area contributed by atoms with Gasteiger partial charge >= 0.3 is 0 Å². The highest BCUT2D eigenvalue weighted by atomic mass is 16.5. The summed E-state index contributed by atoms with van der Waals surface area (Å²) in [5.74, 6) is 2.36. The first-order chi connectivity index (χ1) is 14.9. The van der Waals surface area contributed by atoms with Crippen molar-refractivity contribution in [3.63, 3.8) is 0 Å². The van der Waals surface area contributed by atoms with Gasteiger partial charge in [0.15, 0.2) is 0 Å². The van der Waals surface area contributed by atoms with Crippen LogP contribution in [0, 0.1) is 13.8 Å². The summed E-state index contributed by atoms with van der Waals surface area (Å²) in [6.45, 7) is 4.77. The minimum absolute atomic E-state index is 0.151. The van der Waals surface area contributed by atoms with Gasteiger partial charge in [0.05, 0.1) is 26.9 Å². The number of methoxy groups -OCH3 is 3. The van der Waals surface area contributed by atoms with E-state index < -0.39 is 0 Å². The van der Waals surface area contributed by atoms with E-state index in [-0.39, 0.29) is 11.7 Å². The summed E-state index contributed by atoms with van der Waals surface area (Å²) < 4.78 is 18.1. The van der Waals surface area contributed by atoms with Gasteiger partial charge in [0, 0.05) is 36.6 Å². The number of carbonyl (C=O) groups is 1. The maximum absolute atomic E-state index is 13.0. The van der Waals surface area contributed by atoms with Crippen LogP contribution in [-0.2, 0) is 0 Å². The van der Waals surface area contributed by atoms with E-state index in [4.69, 9.17) is 14.2 Å². The quantitative estimate of drug-likeness (QED) is 0.623. The smallest absolute Gasteiger partial charge is 0.293 e. The Bertz CT molecular complexity index is 1160. The third-order valence-corrected chi connectivity index (χ3v) is 5.34. The van der Waals surface area contributed by atoms with Crippen LogP contribution in [0.4, 0.5) is 0 Å². The summed E-state index contributed by atoms with van der Waals surface area (Å²) in [7, 11) is 4.83. The van der Waals surface area contributed by atoms with Crippen LogP contribution < -0.4 is 14.2 Å². The van der Waals surface area contributed by atoms with Crippen molar-refractivity contribution >= 4 is 17.3 Å². The van der Waals surface area contributed by atoms with Crippen molar-refractivity contribution in [2.75, 3.05) is 34.4 Å². The highest BCUT2D eigenvalue weighted by Gasteiger charge is 2.26. The molecule has 0 unspecified atom stereocenters. The number of amides is 1. The van der Waals surface area contributed by atoms with Gasteiger partial charge in [-0.05, 0) is 31.9 Å². The molecule has 3 heterocycles. The molecule has 1 amide bonds. The Labute approximate surface area is 180 Å². The van der Waals surface area contributed by atoms with Crippen LogP contribution in [0.1, 0.15) is 34.0 Å². The average Bonchev–Trinajstić information content (AvgIpc) is 3.22. The molecule has 0 radical (unpaired) electrons. The van der Waals surface area contributed by atoms with E-state index in [1.54, 1.807) is 30.7 Å². The molecule has 2 aromatic heterocycles. The largest absolute Gasteiger partial charge is 0.496 e. The topological polar surface area (TPSA) is 91.1 Å². The summed E-state index contributed by atoms with van der Waals surface area (Å²) in [5, 5.41) is 4.36. The average molecular weight is 423 g/mol. The molecule has 0 aliphatic carbocycles. The second-order valence-electron chi connectivity index (χ2n) is 7.32. The monoisotopic (exact) mass is 423 g/mol. The van der Waals surface area contributed by atoms with Crippen molar-refractivity contribution in [2.45, 2.75) is 20.3 Å². The van der Waals surface area contributed by atoms with Crippen molar-refractivity contribution < 1.29 is 19.0 Å². The lowest BCUT2D eigenvalue weighted by Gasteiger charge is -2.27. The van der Waals surface area contributed by atoms with E-state index in [0.717, 1.165) is 22.5 Å². The number of aryl methyl sites for hydroxylation is 2. The van der Waals surface area contributed by atoms with E-state index in [2.05, 4.69) is 15.1 Å². The molecule has 0 saturated heterocycles. The molecule has 0 spiro atoms. The lowest BCUT2D eigenvalue weighted by atomic mass is 9.97. The van der Waals surface area contributed by atoms with Crippen LogP contribution in [0.25, 0.3) is 11.4 Å². The van der Waals surface area contributed by atoms with E-state index in [0.29, 0.717) is 42.5 Å². The molecule has 0 saturated carbocycles. The fraction of sp³-hybridized carbons (Fsp3) is 0.364. The summed E-state index contributed by atoms with van der Waals surface area (Å²) in [5.41, 5.74) is 3.65. The Hall–Kier alpha value is -3.62. The maximum atomic E-state index is 13.0. The predicted molar refractivity (Wildman–Crippen MR) is 115 cm³/mol. The number of aromatic nitrogens is 4. The molecule has 9 nitrogen and oxygen atoms in total. The number of carbonyl (C=O) groups excluding carboxylic acids is 1. The van der Waals surface area contributed by atoms with Gasteiger partial charge in [0.2, 0.25) is 5.82 Å². The SMILES string of the molecule is COc1cc(OC)c(C2=CCN(C(=O)c3nc4nc(C)cc(C)n4n3)CC2)c(OC)c1. The Morgan fingerprint density at radius 2 is 1.71 bits per heavy atom. The third kappa shape index (κ3) is 3.78. The van der Waals surface area contributed by atoms with E-state index in [1.165, 1.54) is 0 Å². The fourth-order valence-corrected chi connectivity index (χ4v) is 3.80. The normalized spacial score (nSPS) is 13.8. The third-order valence-electron chi connectivity index (χ3n) is 5.34. The van der Waals surface area contributed by atoms with Gasteiger partial charge in [0.25, 0.3) is 11.7 Å². The molecule has 31 heavy (non-hydrogen) atoms. The Balaban J connectivity index is 1.60. The fourth-order valence-electron chi connectivity index (χ4n) is 3.80. The number of ether oxygens (including phenoxy) is 3. The van der Waals surface area contributed by atoms with Crippen LogP contribution in [-0.4, -0.2) is 64.8 Å². The van der Waals surface area contributed by atoms with Gasteiger partial charge in [0.1, 0.15) is 17.2 Å². The molecule has 1 aliphatic rings. The van der Waals surface area contributed by atoms with Crippen LogP contribution in [0.15, 0.2) is 24.3 Å². The summed E-state index contributed by atoms with van der Waals surface area (Å²) >= 11 is 0. The van der Waals surface area contributed by atoms with Crippen LogP contribution in [0.5, 0.6) is 17.2 Å². The van der Waals surface area contributed by atoms with Gasteiger partial charge in [-0.15, -0.1) is 5.10 Å². The highest BCUT2D eigenvalue weighted by molar-refractivity contribution is 5.92. The molecular formula is C22H25N5O4. The molecule has 1 aromatic carbocycles. The standard InChI is InChI=1S/C22H25N5O4/c1-13-10-14(2)27-22(23-13)24-20(25-27)21(28)26-8-6-15(7-9-26)19-17(30-4)11-16(29-3)12-18(19)31-5/h6,10-12H,7-9H2,1-5H3. The Morgan fingerprint density at radius 3 is 2.29 bits per heavy atom. The first-order valence-electron chi connectivity index (χ1n) is 9.95. The lowest BCUT2D eigenvalue weighted by molar-refractivity contribution is 0.0761. The summed E-state index contributed by atoms with van der Waals surface area (Å²) in [6.07, 6.45) is 2.66. The first kappa shape index (κ1) is 20.6. The molecule has 0 fully saturated rings. The maximum Gasteiger partial charge on any atom is 0.293 e. The number of nitrogens with zero attached hydrogens (tertiary/aromatic N) is 5. The number of benzene rings is 1. The van der Waals surface area contributed by atoms with Crippen molar-refractivity contribution in [3.8, 4) is 17.2 Å². The number of rotatable bonds is 5. The second-order valence-corrected chi connectivity index (χ2v) is 7.32. The first-order valence-corrected chi connectivity index (χ1v) is 9.95. The molecule has 0 N–H and O–H groups in total. The highest BCUT2D eigenvalue weighted by Crippen LogP contribution is 2.40. The van der Waals surface area contributed by atoms with Crippen molar-refractivity contribution in [1.82, 2.24) is 24.5 Å². The second kappa shape index (κ2) is 8.25. The van der Waals surface area contributed by atoms with Crippen LogP contribution in [0.3, 0.4) is 0 Å². The number of fused-ring (bicyclic) bond motifs is 1. The summed E-state index contributed by atoms with van der Waals surface area (Å²) in [6, 6.07) is 5.56.